The molecule has 2 aliphatic heterocycles. The van der Waals surface area contributed by atoms with Gasteiger partial charge in [-0.1, -0.05) is 20.8 Å². The van der Waals surface area contributed by atoms with E-state index in [4.69, 9.17) is 10.5 Å². The number of hydrogen-bond acceptors (Lipinski definition) is 10. The lowest BCUT2D eigenvalue weighted by molar-refractivity contribution is -0.162. The zero-order valence-corrected chi connectivity index (χ0v) is 15.6. The van der Waals surface area contributed by atoms with Crippen LogP contribution in [0.3, 0.4) is 0 Å². The second-order valence-corrected chi connectivity index (χ2v) is 7.98. The summed E-state index contributed by atoms with van der Waals surface area (Å²) in [5.41, 5.74) is 2.08. The Morgan fingerprint density at radius 3 is 2.67 bits per heavy atom. The summed E-state index contributed by atoms with van der Waals surface area (Å²) in [6.45, 7) is 4.23. The Hall–Kier alpha value is -2.21. The van der Waals surface area contributed by atoms with Gasteiger partial charge < -0.3 is 35.6 Å². The van der Waals surface area contributed by atoms with Crippen LogP contribution < -0.4 is 21.1 Å². The maximum atomic E-state index is 12.8. The summed E-state index contributed by atoms with van der Waals surface area (Å²) >= 11 is 0. The minimum atomic E-state index is -2.31. The zero-order chi connectivity index (χ0) is 20.3. The van der Waals surface area contributed by atoms with Crippen LogP contribution in [-0.2, 0) is 9.53 Å². The van der Waals surface area contributed by atoms with Crippen molar-refractivity contribution < 1.29 is 24.9 Å². The monoisotopic (exact) mass is 383 g/mol. The summed E-state index contributed by atoms with van der Waals surface area (Å²) in [7, 11) is 1.64. The van der Waals surface area contributed by atoms with Crippen LogP contribution in [0.5, 0.6) is 0 Å². The van der Waals surface area contributed by atoms with Crippen LogP contribution in [0.15, 0.2) is 4.79 Å². The van der Waals surface area contributed by atoms with Crippen molar-refractivity contribution in [1.29, 1.82) is 0 Å². The lowest BCUT2D eigenvalue weighted by atomic mass is 9.75. The van der Waals surface area contributed by atoms with Gasteiger partial charge >= 0.3 is 0 Å². The maximum Gasteiger partial charge on any atom is 0.278 e. The van der Waals surface area contributed by atoms with Crippen LogP contribution in [-0.4, -0.2) is 75.4 Å². The maximum absolute atomic E-state index is 12.8. The van der Waals surface area contributed by atoms with E-state index in [2.05, 4.69) is 9.97 Å². The molecule has 150 valence electrons. The molecule has 2 aliphatic rings. The molecule has 11 nitrogen and oxygen atoms in total. The third kappa shape index (κ3) is 2.78. The largest absolute Gasteiger partial charge is 0.394 e. The molecule has 0 spiro atoms. The Morgan fingerprint density at radius 2 is 2.11 bits per heavy atom. The molecule has 1 fully saturated rings. The van der Waals surface area contributed by atoms with Gasteiger partial charge in [0.1, 0.15) is 17.9 Å². The van der Waals surface area contributed by atoms with Crippen molar-refractivity contribution in [2.45, 2.75) is 44.8 Å². The number of aromatic amines is 1. The highest BCUT2D eigenvalue weighted by Gasteiger charge is 2.63. The average Bonchev–Trinajstić information content (AvgIpc) is 3.02. The second-order valence-electron chi connectivity index (χ2n) is 7.98. The molecule has 6 N–H and O–H groups in total. The van der Waals surface area contributed by atoms with Crippen molar-refractivity contribution in [3.63, 3.8) is 0 Å². The van der Waals surface area contributed by atoms with E-state index >= 15 is 0 Å². The molecule has 0 amide bonds. The third-order valence-electron chi connectivity index (χ3n) is 4.95. The molecular weight excluding hydrogens is 358 g/mol. The molecule has 0 aromatic carbocycles. The third-order valence-corrected chi connectivity index (χ3v) is 4.95. The van der Waals surface area contributed by atoms with Gasteiger partial charge in [-0.25, -0.2) is 0 Å². The van der Waals surface area contributed by atoms with Crippen molar-refractivity contribution in [3.05, 3.63) is 10.4 Å². The fourth-order valence-corrected chi connectivity index (χ4v) is 3.65. The number of nitrogens with one attached hydrogen (secondary N) is 1. The van der Waals surface area contributed by atoms with Gasteiger partial charge in [-0.15, -0.1) is 0 Å². The van der Waals surface area contributed by atoms with E-state index in [0.717, 1.165) is 0 Å². The molecular formula is C16H25N5O6. The summed E-state index contributed by atoms with van der Waals surface area (Å²) in [6.07, 6.45) is -4.23. The van der Waals surface area contributed by atoms with Gasteiger partial charge in [0.05, 0.1) is 13.3 Å². The van der Waals surface area contributed by atoms with E-state index in [-0.39, 0.29) is 24.1 Å². The zero-order valence-electron chi connectivity index (χ0n) is 15.6. The van der Waals surface area contributed by atoms with Crippen molar-refractivity contribution in [2.24, 2.45) is 5.41 Å². The first-order chi connectivity index (χ1) is 12.4. The number of fused-ring (bicyclic) bond motifs is 1. The fraction of sp³-hybridized carbons (Fsp3) is 0.688. The van der Waals surface area contributed by atoms with E-state index in [1.54, 1.807) is 32.7 Å². The van der Waals surface area contributed by atoms with Gasteiger partial charge in [-0.3, -0.25) is 14.6 Å². The van der Waals surface area contributed by atoms with Crippen LogP contribution in [0.1, 0.15) is 20.8 Å². The van der Waals surface area contributed by atoms with Crippen molar-refractivity contribution in [2.75, 3.05) is 35.9 Å². The fourth-order valence-electron chi connectivity index (χ4n) is 3.65. The molecule has 0 aliphatic carbocycles. The Bertz CT molecular complexity index is 820. The number of carbonyl (C=O) groups excluding carboxylic acids is 1. The SMILES string of the molecule is CN1CN([C@@H]2O[C@H](CO)[C@](O)(C(=O)C(C)(C)C)[C@H]2O)c2nc(N)[nH]c(=O)c21. The Morgan fingerprint density at radius 1 is 1.48 bits per heavy atom. The van der Waals surface area contributed by atoms with E-state index in [1.807, 2.05) is 0 Å². The number of H-pyrrole nitrogens is 1. The Kier molecular flexibility index (Phi) is 4.46. The number of nitrogens with zero attached hydrogens (tertiary/aromatic N) is 3. The van der Waals surface area contributed by atoms with E-state index in [1.165, 1.54) is 4.90 Å². The van der Waals surface area contributed by atoms with E-state index < -0.39 is 47.4 Å². The van der Waals surface area contributed by atoms with Crippen LogP contribution in [0, 0.1) is 5.41 Å². The van der Waals surface area contributed by atoms with Crippen LogP contribution in [0.25, 0.3) is 0 Å². The van der Waals surface area contributed by atoms with E-state index in [0.29, 0.717) is 0 Å². The number of ketones is 1. The summed E-state index contributed by atoms with van der Waals surface area (Å²) in [5.74, 6) is -0.617. The predicted molar refractivity (Wildman–Crippen MR) is 96.2 cm³/mol. The molecule has 0 bridgehead atoms. The first-order valence-corrected chi connectivity index (χ1v) is 8.52. The molecule has 1 aromatic heterocycles. The number of nitrogen functional groups attached to an aromatic ring is 1. The summed E-state index contributed by atoms with van der Waals surface area (Å²) < 4.78 is 5.66. The topological polar surface area (TPSA) is 165 Å². The first-order valence-electron chi connectivity index (χ1n) is 8.52. The number of aromatic nitrogens is 2. The van der Waals surface area contributed by atoms with Crippen LogP contribution in [0.4, 0.5) is 17.5 Å². The molecule has 1 aromatic rings. The van der Waals surface area contributed by atoms with Crippen LogP contribution >= 0.6 is 0 Å². The minimum absolute atomic E-state index is 0.106. The van der Waals surface area contributed by atoms with Crippen molar-refractivity contribution in [3.8, 4) is 0 Å². The number of Topliss-reactive ketones (excluding diaryl/α,β-unsaturated/α-hetero) is 1. The molecule has 1 saturated heterocycles. The molecule has 3 heterocycles. The number of hydrogen-bond donors (Lipinski definition) is 5. The van der Waals surface area contributed by atoms with Gasteiger partial charge in [0, 0.05) is 12.5 Å². The Labute approximate surface area is 155 Å². The molecule has 0 saturated carbocycles. The number of aliphatic hydroxyl groups is 3. The minimum Gasteiger partial charge on any atom is -0.394 e. The summed E-state index contributed by atoms with van der Waals surface area (Å²) in [4.78, 5) is 34.5. The molecule has 27 heavy (non-hydrogen) atoms. The standard InChI is InChI=1S/C16H25N5O6/c1-15(2,3)13(25)16(26)7(5-22)27-12(9(16)23)21-6-20(4)8-10(21)18-14(17)19-11(8)24/h7,9,12,22-23,26H,5-6H2,1-4H3,(H3,17,18,19,24)/t7-,9+,12-,16-/m1/s1. The second kappa shape index (κ2) is 6.16. The molecule has 0 radical (unpaired) electrons. The van der Waals surface area contributed by atoms with Gasteiger partial charge in [-0.05, 0) is 0 Å². The van der Waals surface area contributed by atoms with Gasteiger partial charge in [0.25, 0.3) is 5.56 Å². The number of ether oxygens (including phenoxy) is 1. The van der Waals surface area contributed by atoms with Gasteiger partial charge in [0.15, 0.2) is 23.4 Å². The number of carbonyl (C=O) groups is 1. The Balaban J connectivity index is 2.04. The van der Waals surface area contributed by atoms with Gasteiger partial charge in [-0.2, -0.15) is 4.98 Å². The number of anilines is 3. The number of rotatable bonds is 3. The quantitative estimate of drug-likeness (QED) is 0.394. The lowest BCUT2D eigenvalue weighted by Gasteiger charge is -2.35. The molecule has 0 unspecified atom stereocenters. The molecule has 3 rings (SSSR count). The van der Waals surface area contributed by atoms with Gasteiger partial charge in [0.2, 0.25) is 5.95 Å². The average molecular weight is 383 g/mol. The normalized spacial score (nSPS) is 30.7. The number of nitrogens with two attached hydrogens (primary N) is 1. The summed E-state index contributed by atoms with van der Waals surface area (Å²) in [6, 6.07) is 0. The smallest absolute Gasteiger partial charge is 0.278 e. The first kappa shape index (κ1) is 19.5. The molecule has 4 atom stereocenters. The van der Waals surface area contributed by atoms with Crippen LogP contribution in [0.2, 0.25) is 0 Å². The van der Waals surface area contributed by atoms with E-state index in [9.17, 15) is 24.9 Å². The summed E-state index contributed by atoms with van der Waals surface area (Å²) in [5, 5.41) is 31.5. The highest BCUT2D eigenvalue weighted by molar-refractivity contribution is 5.93. The lowest BCUT2D eigenvalue weighted by Crippen LogP contribution is -2.60. The molecule has 11 heteroatoms. The highest BCUT2D eigenvalue weighted by Crippen LogP contribution is 2.42. The highest BCUT2D eigenvalue weighted by atomic mass is 16.6. The number of aliphatic hydroxyl groups excluding tert-OH is 2. The predicted octanol–water partition coefficient (Wildman–Crippen LogP) is -2.01. The van der Waals surface area contributed by atoms with Crippen molar-refractivity contribution in [1.82, 2.24) is 9.97 Å². The van der Waals surface area contributed by atoms with Crippen molar-refractivity contribution >= 4 is 23.2 Å².